The van der Waals surface area contributed by atoms with Crippen LogP contribution in [0.2, 0.25) is 0 Å². The van der Waals surface area contributed by atoms with E-state index in [1.807, 2.05) is 36.5 Å². The highest BCUT2D eigenvalue weighted by atomic mass is 16.5. The van der Waals surface area contributed by atoms with Gasteiger partial charge in [0.15, 0.2) is 0 Å². The molecule has 3 aromatic rings. The van der Waals surface area contributed by atoms with E-state index in [9.17, 15) is 0 Å². The second-order valence-electron chi connectivity index (χ2n) is 7.84. The lowest BCUT2D eigenvalue weighted by Gasteiger charge is -2.36. The maximum absolute atomic E-state index is 5.45. The van der Waals surface area contributed by atoms with Crippen molar-refractivity contribution in [2.24, 2.45) is 0 Å². The van der Waals surface area contributed by atoms with Gasteiger partial charge in [0.1, 0.15) is 17.2 Å². The van der Waals surface area contributed by atoms with Crippen LogP contribution in [0, 0.1) is 0 Å². The molecular formula is C21H25N7O. The van der Waals surface area contributed by atoms with Crippen LogP contribution in [0.3, 0.4) is 0 Å². The number of pyridine rings is 1. The second kappa shape index (κ2) is 7.44. The molecule has 2 aliphatic rings. The first-order chi connectivity index (χ1) is 14.2. The Kier molecular flexibility index (Phi) is 4.63. The largest absolute Gasteiger partial charge is 0.479 e. The molecule has 2 fully saturated rings. The normalized spacial score (nSPS) is 23.9. The average molecular weight is 391 g/mol. The van der Waals surface area contributed by atoms with E-state index in [0.717, 1.165) is 11.5 Å². The molecule has 0 aliphatic carbocycles. The highest BCUT2D eigenvalue weighted by molar-refractivity contribution is 5.59. The summed E-state index contributed by atoms with van der Waals surface area (Å²) < 4.78 is 7.18. The summed E-state index contributed by atoms with van der Waals surface area (Å²) >= 11 is 0. The molecule has 5 rings (SSSR count). The van der Waals surface area contributed by atoms with Crippen molar-refractivity contribution in [3.05, 3.63) is 42.7 Å². The number of aromatic nitrogens is 5. The molecule has 150 valence electrons. The van der Waals surface area contributed by atoms with E-state index in [0.29, 0.717) is 35.4 Å². The molecule has 8 nitrogen and oxygen atoms in total. The average Bonchev–Trinajstić information content (AvgIpc) is 3.34. The summed E-state index contributed by atoms with van der Waals surface area (Å²) in [5.41, 5.74) is 2.21. The molecule has 2 aliphatic heterocycles. The minimum atomic E-state index is 0.468. The van der Waals surface area contributed by atoms with Gasteiger partial charge in [0.25, 0.3) is 0 Å². The van der Waals surface area contributed by atoms with Gasteiger partial charge < -0.3 is 15.0 Å². The van der Waals surface area contributed by atoms with Crippen molar-refractivity contribution in [1.29, 1.82) is 0 Å². The molecule has 3 aromatic heterocycles. The van der Waals surface area contributed by atoms with Gasteiger partial charge in [-0.1, -0.05) is 0 Å². The van der Waals surface area contributed by atoms with Gasteiger partial charge in [-0.05, 0) is 63.1 Å². The van der Waals surface area contributed by atoms with E-state index < -0.39 is 0 Å². The monoisotopic (exact) mass is 391 g/mol. The van der Waals surface area contributed by atoms with E-state index in [-0.39, 0.29) is 0 Å². The Morgan fingerprint density at radius 2 is 1.83 bits per heavy atom. The molecule has 2 saturated heterocycles. The molecule has 0 saturated carbocycles. The first-order valence-corrected chi connectivity index (χ1v) is 10.1. The lowest BCUT2D eigenvalue weighted by Crippen LogP contribution is -2.44. The number of ether oxygens (including phenoxy) is 1. The van der Waals surface area contributed by atoms with Crippen LogP contribution in [0.4, 0.5) is 5.82 Å². The number of hydrogen-bond acceptors (Lipinski definition) is 7. The van der Waals surface area contributed by atoms with Gasteiger partial charge in [-0.2, -0.15) is 5.10 Å². The summed E-state index contributed by atoms with van der Waals surface area (Å²) in [4.78, 5) is 7.13. The molecule has 0 aromatic carbocycles. The predicted molar refractivity (Wildman–Crippen MR) is 110 cm³/mol. The molecule has 2 unspecified atom stereocenters. The lowest BCUT2D eigenvalue weighted by atomic mass is 9.98. The van der Waals surface area contributed by atoms with E-state index in [1.165, 1.54) is 25.7 Å². The molecule has 1 N–H and O–H groups in total. The van der Waals surface area contributed by atoms with Crippen LogP contribution in [-0.2, 0) is 0 Å². The number of nitrogens with zero attached hydrogens (tertiary/aromatic N) is 6. The van der Waals surface area contributed by atoms with E-state index >= 15 is 0 Å². The maximum Gasteiger partial charge on any atom is 0.240 e. The third kappa shape index (κ3) is 3.44. The number of fused-ring (bicyclic) bond motifs is 2. The first-order valence-electron chi connectivity index (χ1n) is 10.1. The summed E-state index contributed by atoms with van der Waals surface area (Å²) in [6.07, 6.45) is 8.54. The summed E-state index contributed by atoms with van der Waals surface area (Å²) in [6.45, 7) is 0. The predicted octanol–water partition coefficient (Wildman–Crippen LogP) is 2.77. The Morgan fingerprint density at radius 3 is 2.48 bits per heavy atom. The van der Waals surface area contributed by atoms with Crippen LogP contribution in [0.15, 0.2) is 42.7 Å². The van der Waals surface area contributed by atoms with Gasteiger partial charge in [0, 0.05) is 30.5 Å². The molecule has 5 heterocycles. The first kappa shape index (κ1) is 18.1. The zero-order chi connectivity index (χ0) is 19.8. The zero-order valence-corrected chi connectivity index (χ0v) is 16.7. The number of piperidine rings is 1. The van der Waals surface area contributed by atoms with Crippen LogP contribution < -0.4 is 10.1 Å². The zero-order valence-electron chi connectivity index (χ0n) is 16.7. The van der Waals surface area contributed by atoms with Crippen LogP contribution in [0.25, 0.3) is 17.1 Å². The molecule has 2 bridgehead atoms. The van der Waals surface area contributed by atoms with Gasteiger partial charge in [0.2, 0.25) is 5.88 Å². The quantitative estimate of drug-likeness (QED) is 0.716. The smallest absolute Gasteiger partial charge is 0.240 e. The fourth-order valence-electron chi connectivity index (χ4n) is 4.60. The molecule has 2 atom stereocenters. The van der Waals surface area contributed by atoms with Gasteiger partial charge >= 0.3 is 0 Å². The number of rotatable bonds is 5. The maximum atomic E-state index is 5.45. The van der Waals surface area contributed by atoms with E-state index in [2.05, 4.69) is 37.5 Å². The molecule has 0 radical (unpaired) electrons. The molecular weight excluding hydrogens is 366 g/mol. The Hall–Kier alpha value is -3.00. The fraction of sp³-hybridized carbons (Fsp3) is 0.429. The Labute approximate surface area is 169 Å². The summed E-state index contributed by atoms with van der Waals surface area (Å²) in [5.74, 6) is 1.32. The summed E-state index contributed by atoms with van der Waals surface area (Å²) in [7, 11) is 3.86. The van der Waals surface area contributed by atoms with Crippen molar-refractivity contribution in [3.63, 3.8) is 0 Å². The van der Waals surface area contributed by atoms with Gasteiger partial charge in [-0.25, -0.2) is 9.67 Å². The van der Waals surface area contributed by atoms with E-state index in [1.54, 1.807) is 18.0 Å². The third-order valence-electron chi connectivity index (χ3n) is 6.16. The minimum absolute atomic E-state index is 0.468. The Morgan fingerprint density at radius 1 is 1.03 bits per heavy atom. The van der Waals surface area contributed by atoms with Crippen LogP contribution in [0.1, 0.15) is 25.7 Å². The number of anilines is 1. The van der Waals surface area contributed by atoms with E-state index in [4.69, 9.17) is 4.74 Å². The fourth-order valence-corrected chi connectivity index (χ4v) is 4.60. The minimum Gasteiger partial charge on any atom is -0.479 e. The van der Waals surface area contributed by atoms with Crippen molar-refractivity contribution in [3.8, 4) is 23.0 Å². The van der Waals surface area contributed by atoms with Gasteiger partial charge in [0.05, 0.1) is 12.8 Å². The van der Waals surface area contributed by atoms with Crippen molar-refractivity contribution in [2.45, 2.75) is 43.8 Å². The molecule has 0 spiro atoms. The molecule has 0 amide bonds. The highest BCUT2D eigenvalue weighted by Gasteiger charge is 2.38. The van der Waals surface area contributed by atoms with Crippen molar-refractivity contribution in [1.82, 2.24) is 29.9 Å². The van der Waals surface area contributed by atoms with Crippen molar-refractivity contribution >= 4 is 5.82 Å². The Bertz CT molecular complexity index is 959. The van der Waals surface area contributed by atoms with Gasteiger partial charge in [-0.3, -0.25) is 0 Å². The topological polar surface area (TPSA) is 81.0 Å². The SMILES string of the molecule is COc1nc(-c2ccc(NC3CC4CCC(C3)N4C)nn2)ccc1-n1cccn1. The molecule has 29 heavy (non-hydrogen) atoms. The number of hydrogen-bond donors (Lipinski definition) is 1. The standard InChI is InChI=1S/C21H25N7O/c1-27-15-4-5-16(27)13-14(12-15)23-20-9-7-18(25-26-20)17-6-8-19(21(24-17)29-2)28-11-3-10-22-28/h3,6-11,14-16H,4-5,12-13H2,1-2H3,(H,23,26). The number of methoxy groups -OCH3 is 1. The van der Waals surface area contributed by atoms with Crippen molar-refractivity contribution in [2.75, 3.05) is 19.5 Å². The molecule has 8 heteroatoms. The highest BCUT2D eigenvalue weighted by Crippen LogP contribution is 2.35. The summed E-state index contributed by atoms with van der Waals surface area (Å²) in [6, 6.07) is 11.5. The summed E-state index contributed by atoms with van der Waals surface area (Å²) in [5, 5.41) is 16.6. The Balaban J connectivity index is 1.31. The number of nitrogens with one attached hydrogen (secondary N) is 1. The van der Waals surface area contributed by atoms with Crippen LogP contribution in [-0.4, -0.2) is 62.1 Å². The van der Waals surface area contributed by atoms with Crippen LogP contribution >= 0.6 is 0 Å². The third-order valence-corrected chi connectivity index (χ3v) is 6.16. The van der Waals surface area contributed by atoms with Crippen LogP contribution in [0.5, 0.6) is 5.88 Å². The van der Waals surface area contributed by atoms with Gasteiger partial charge in [-0.15, -0.1) is 10.2 Å². The second-order valence-corrected chi connectivity index (χ2v) is 7.84. The van der Waals surface area contributed by atoms with Crippen molar-refractivity contribution < 1.29 is 4.74 Å². The lowest BCUT2D eigenvalue weighted by molar-refractivity contribution is 0.168.